The summed E-state index contributed by atoms with van der Waals surface area (Å²) >= 11 is 1.53. The minimum atomic E-state index is -0.165. The summed E-state index contributed by atoms with van der Waals surface area (Å²) in [6, 6.07) is 23.0. The maximum atomic E-state index is 12.3. The van der Waals surface area contributed by atoms with Crippen LogP contribution in [0.3, 0.4) is 0 Å². The minimum absolute atomic E-state index is 0.0448. The largest absolute Gasteiger partial charge is 0.326 e. The summed E-state index contributed by atoms with van der Waals surface area (Å²) in [5, 5.41) is 2.93. The molecule has 0 fully saturated rings. The SMILES string of the molecule is Cc1ccccc1CC(=O)Nc1ccc(SCc2nc3ccccc3[nH]c2=O)cc1. The van der Waals surface area contributed by atoms with Crippen molar-refractivity contribution < 1.29 is 4.79 Å². The first-order chi connectivity index (χ1) is 14.6. The van der Waals surface area contributed by atoms with Crippen LogP contribution in [0.1, 0.15) is 16.8 Å². The molecule has 30 heavy (non-hydrogen) atoms. The lowest BCUT2D eigenvalue weighted by atomic mass is 10.1. The van der Waals surface area contributed by atoms with Gasteiger partial charge in [0.1, 0.15) is 5.69 Å². The van der Waals surface area contributed by atoms with E-state index in [0.29, 0.717) is 17.9 Å². The van der Waals surface area contributed by atoms with Gasteiger partial charge in [0.15, 0.2) is 0 Å². The zero-order chi connectivity index (χ0) is 20.9. The predicted octanol–water partition coefficient (Wildman–Crippen LogP) is 4.71. The lowest BCUT2D eigenvalue weighted by Crippen LogP contribution is -2.15. The van der Waals surface area contributed by atoms with E-state index in [1.807, 2.05) is 79.7 Å². The fourth-order valence-corrected chi connectivity index (χ4v) is 3.97. The van der Waals surface area contributed by atoms with E-state index in [1.54, 1.807) is 0 Å². The highest BCUT2D eigenvalue weighted by molar-refractivity contribution is 7.98. The molecule has 6 heteroatoms. The average molecular weight is 416 g/mol. The first kappa shape index (κ1) is 19.9. The number of nitrogens with zero attached hydrogens (tertiary/aromatic N) is 1. The number of amides is 1. The lowest BCUT2D eigenvalue weighted by molar-refractivity contribution is -0.115. The van der Waals surface area contributed by atoms with Crippen LogP contribution in [-0.4, -0.2) is 15.9 Å². The fraction of sp³-hybridized carbons (Fsp3) is 0.125. The van der Waals surface area contributed by atoms with Crippen molar-refractivity contribution in [2.24, 2.45) is 0 Å². The van der Waals surface area contributed by atoms with Crippen molar-refractivity contribution in [3.05, 3.63) is 100.0 Å². The summed E-state index contributed by atoms with van der Waals surface area (Å²) in [5.41, 5.74) is 4.73. The Balaban J connectivity index is 1.37. The average Bonchev–Trinajstić information content (AvgIpc) is 2.75. The number of hydrogen-bond acceptors (Lipinski definition) is 4. The Bertz CT molecular complexity index is 1250. The number of anilines is 1. The van der Waals surface area contributed by atoms with Gasteiger partial charge in [-0.1, -0.05) is 36.4 Å². The Morgan fingerprint density at radius 2 is 1.73 bits per heavy atom. The van der Waals surface area contributed by atoms with E-state index in [1.165, 1.54) is 11.8 Å². The molecule has 2 N–H and O–H groups in total. The first-order valence-corrected chi connectivity index (χ1v) is 10.6. The van der Waals surface area contributed by atoms with E-state index in [4.69, 9.17) is 0 Å². The molecule has 0 aliphatic rings. The number of aryl methyl sites for hydroxylation is 1. The maximum Gasteiger partial charge on any atom is 0.271 e. The zero-order valence-corrected chi connectivity index (χ0v) is 17.3. The third kappa shape index (κ3) is 4.78. The van der Waals surface area contributed by atoms with Crippen molar-refractivity contribution in [3.8, 4) is 0 Å². The minimum Gasteiger partial charge on any atom is -0.326 e. The van der Waals surface area contributed by atoms with Crippen LogP contribution < -0.4 is 10.9 Å². The second kappa shape index (κ2) is 8.97. The molecule has 0 saturated carbocycles. The van der Waals surface area contributed by atoms with Crippen LogP contribution in [0.5, 0.6) is 0 Å². The molecule has 0 bridgehead atoms. The van der Waals surface area contributed by atoms with Gasteiger partial charge in [0.05, 0.1) is 17.5 Å². The van der Waals surface area contributed by atoms with Gasteiger partial charge in [-0.25, -0.2) is 4.98 Å². The summed E-state index contributed by atoms with van der Waals surface area (Å²) in [7, 11) is 0. The van der Waals surface area contributed by atoms with Gasteiger partial charge in [-0.15, -0.1) is 11.8 Å². The normalized spacial score (nSPS) is 10.8. The van der Waals surface area contributed by atoms with Gasteiger partial charge in [0.25, 0.3) is 5.56 Å². The third-order valence-corrected chi connectivity index (χ3v) is 5.82. The van der Waals surface area contributed by atoms with Crippen LogP contribution >= 0.6 is 11.8 Å². The molecule has 0 radical (unpaired) electrons. The van der Waals surface area contributed by atoms with Crippen LogP contribution in [-0.2, 0) is 17.0 Å². The first-order valence-electron chi connectivity index (χ1n) is 9.63. The highest BCUT2D eigenvalue weighted by Crippen LogP contribution is 2.23. The second-order valence-corrected chi connectivity index (χ2v) is 8.04. The van der Waals surface area contributed by atoms with Gasteiger partial charge in [-0.2, -0.15) is 0 Å². The maximum absolute atomic E-state index is 12.3. The zero-order valence-electron chi connectivity index (χ0n) is 16.5. The number of para-hydroxylation sites is 2. The van der Waals surface area contributed by atoms with Gasteiger partial charge in [-0.3, -0.25) is 9.59 Å². The van der Waals surface area contributed by atoms with Gasteiger partial charge >= 0.3 is 0 Å². The molecule has 1 heterocycles. The molecule has 3 aromatic carbocycles. The molecule has 1 aromatic heterocycles. The number of H-pyrrole nitrogens is 1. The van der Waals surface area contributed by atoms with Gasteiger partial charge in [0.2, 0.25) is 5.91 Å². The summed E-state index contributed by atoms with van der Waals surface area (Å²) in [4.78, 5) is 32.9. The number of benzene rings is 3. The molecular weight excluding hydrogens is 394 g/mol. The molecule has 1 amide bonds. The standard InChI is InChI=1S/C24H21N3O2S/c1-16-6-2-3-7-17(16)14-23(28)25-18-10-12-19(13-11-18)30-15-22-24(29)27-21-9-5-4-8-20(21)26-22/h2-13H,14-15H2,1H3,(H,25,28)(H,27,29). The highest BCUT2D eigenvalue weighted by Gasteiger charge is 2.08. The van der Waals surface area contributed by atoms with Gasteiger partial charge < -0.3 is 10.3 Å². The number of rotatable bonds is 6. The Hall–Kier alpha value is -3.38. The van der Waals surface area contributed by atoms with Crippen LogP contribution in [0, 0.1) is 6.92 Å². The van der Waals surface area contributed by atoms with Crippen molar-refractivity contribution in [2.45, 2.75) is 24.0 Å². The molecule has 0 atom stereocenters. The third-order valence-electron chi connectivity index (χ3n) is 4.80. The van der Waals surface area contributed by atoms with E-state index in [-0.39, 0.29) is 11.5 Å². The Kier molecular flexibility index (Phi) is 5.95. The molecule has 5 nitrogen and oxygen atoms in total. The van der Waals surface area contributed by atoms with E-state index < -0.39 is 0 Å². The Labute approximate surface area is 178 Å². The molecule has 4 aromatic rings. The van der Waals surface area contributed by atoms with Crippen molar-refractivity contribution in [2.75, 3.05) is 5.32 Å². The Morgan fingerprint density at radius 3 is 2.53 bits per heavy atom. The van der Waals surface area contributed by atoms with Crippen LogP contribution in [0.4, 0.5) is 5.69 Å². The molecular formula is C24H21N3O2S. The summed E-state index contributed by atoms with van der Waals surface area (Å²) in [5.74, 6) is 0.427. The van der Waals surface area contributed by atoms with Crippen molar-refractivity contribution >= 4 is 34.4 Å². The molecule has 0 aliphatic heterocycles. The number of hydrogen-bond donors (Lipinski definition) is 2. The van der Waals surface area contributed by atoms with Gasteiger partial charge in [0, 0.05) is 16.3 Å². The van der Waals surface area contributed by atoms with Crippen LogP contribution in [0.15, 0.2) is 82.5 Å². The number of aromatic nitrogens is 2. The number of nitrogens with one attached hydrogen (secondary N) is 2. The van der Waals surface area contributed by atoms with Crippen molar-refractivity contribution in [3.63, 3.8) is 0 Å². The van der Waals surface area contributed by atoms with E-state index in [9.17, 15) is 9.59 Å². The fourth-order valence-electron chi connectivity index (χ4n) is 3.14. The second-order valence-electron chi connectivity index (χ2n) is 6.99. The molecule has 150 valence electrons. The van der Waals surface area contributed by atoms with Crippen molar-refractivity contribution in [1.82, 2.24) is 9.97 Å². The lowest BCUT2D eigenvalue weighted by Gasteiger charge is -2.08. The van der Waals surface area contributed by atoms with Crippen LogP contribution in [0.25, 0.3) is 11.0 Å². The quantitative estimate of drug-likeness (QED) is 0.448. The Morgan fingerprint density at radius 1 is 1.00 bits per heavy atom. The number of thioether (sulfide) groups is 1. The highest BCUT2D eigenvalue weighted by atomic mass is 32.2. The van der Waals surface area contributed by atoms with E-state index >= 15 is 0 Å². The number of fused-ring (bicyclic) bond motifs is 1. The molecule has 0 aliphatic carbocycles. The molecule has 0 saturated heterocycles. The monoisotopic (exact) mass is 415 g/mol. The van der Waals surface area contributed by atoms with E-state index in [2.05, 4.69) is 15.3 Å². The summed E-state index contributed by atoms with van der Waals surface area (Å²) < 4.78 is 0. The van der Waals surface area contributed by atoms with Gasteiger partial charge in [-0.05, 0) is 54.4 Å². The topological polar surface area (TPSA) is 74.8 Å². The predicted molar refractivity (Wildman–Crippen MR) is 122 cm³/mol. The molecule has 0 spiro atoms. The number of carbonyl (C=O) groups is 1. The van der Waals surface area contributed by atoms with E-state index in [0.717, 1.165) is 32.7 Å². The number of carbonyl (C=O) groups excluding carboxylic acids is 1. The van der Waals surface area contributed by atoms with Crippen molar-refractivity contribution in [1.29, 1.82) is 0 Å². The smallest absolute Gasteiger partial charge is 0.271 e. The van der Waals surface area contributed by atoms with Crippen LogP contribution in [0.2, 0.25) is 0 Å². The molecule has 0 unspecified atom stereocenters. The molecule has 4 rings (SSSR count). The number of aromatic amines is 1. The summed E-state index contributed by atoms with van der Waals surface area (Å²) in [6.45, 7) is 2.00. The summed E-state index contributed by atoms with van der Waals surface area (Å²) in [6.07, 6.45) is 0.347.